The van der Waals surface area contributed by atoms with Crippen molar-refractivity contribution in [3.63, 3.8) is 0 Å². The Balaban J connectivity index is 2.18. The Kier molecular flexibility index (Phi) is 3.70. The molecule has 1 heterocycles. The van der Waals surface area contributed by atoms with Crippen molar-refractivity contribution in [1.82, 2.24) is 10.2 Å². The van der Waals surface area contributed by atoms with Gasteiger partial charge in [0.25, 0.3) is 0 Å². The Morgan fingerprint density at radius 2 is 2.00 bits per heavy atom. The van der Waals surface area contributed by atoms with Crippen LogP contribution < -0.4 is 5.32 Å². The molecule has 3 nitrogen and oxygen atoms in total. The van der Waals surface area contributed by atoms with Gasteiger partial charge in [0.2, 0.25) is 0 Å². The van der Waals surface area contributed by atoms with E-state index in [0.29, 0.717) is 5.92 Å². The first-order valence-electron chi connectivity index (χ1n) is 6.43. The van der Waals surface area contributed by atoms with Crippen LogP contribution in [0.1, 0.15) is 25.0 Å². The molecule has 3 heteroatoms. The minimum Gasteiger partial charge on any atom is -0.368 e. The van der Waals surface area contributed by atoms with Gasteiger partial charge in [0.1, 0.15) is 5.82 Å². The van der Waals surface area contributed by atoms with Crippen LogP contribution in [0.3, 0.4) is 0 Å². The predicted molar refractivity (Wildman–Crippen MR) is 76.8 cm³/mol. The molecule has 0 aliphatic rings. The van der Waals surface area contributed by atoms with Crippen LogP contribution in [0, 0.1) is 19.8 Å². The minimum atomic E-state index is 0.617. The zero-order valence-corrected chi connectivity index (χ0v) is 11.5. The van der Waals surface area contributed by atoms with Gasteiger partial charge in [-0.2, -0.15) is 5.10 Å². The van der Waals surface area contributed by atoms with E-state index in [0.717, 1.165) is 18.1 Å². The van der Waals surface area contributed by atoms with Crippen molar-refractivity contribution in [2.24, 2.45) is 5.92 Å². The van der Waals surface area contributed by atoms with Crippen LogP contribution in [-0.4, -0.2) is 16.7 Å². The number of hydrogen-bond acceptors (Lipinski definition) is 2. The minimum absolute atomic E-state index is 0.617. The van der Waals surface area contributed by atoms with Gasteiger partial charge in [-0.05, 0) is 25.3 Å². The van der Waals surface area contributed by atoms with Crippen molar-refractivity contribution in [3.05, 3.63) is 35.4 Å². The molecule has 0 atom stereocenters. The van der Waals surface area contributed by atoms with E-state index in [1.807, 2.05) is 0 Å². The Hall–Kier alpha value is -1.77. The third kappa shape index (κ3) is 2.92. The maximum atomic E-state index is 4.29. The highest BCUT2D eigenvalue weighted by Gasteiger charge is 2.06. The molecule has 0 aliphatic heterocycles. The maximum absolute atomic E-state index is 4.29. The molecule has 0 saturated carbocycles. The van der Waals surface area contributed by atoms with E-state index in [4.69, 9.17) is 0 Å². The summed E-state index contributed by atoms with van der Waals surface area (Å²) < 4.78 is 0. The summed E-state index contributed by atoms with van der Waals surface area (Å²) in [4.78, 5) is 0. The number of aromatic nitrogens is 2. The second-order valence-electron chi connectivity index (χ2n) is 5.26. The van der Waals surface area contributed by atoms with Crippen LogP contribution in [0.2, 0.25) is 0 Å². The summed E-state index contributed by atoms with van der Waals surface area (Å²) in [5.41, 5.74) is 4.84. The average molecular weight is 243 g/mol. The summed E-state index contributed by atoms with van der Waals surface area (Å²) in [7, 11) is 0. The van der Waals surface area contributed by atoms with E-state index in [1.54, 1.807) is 0 Å². The summed E-state index contributed by atoms with van der Waals surface area (Å²) >= 11 is 0. The Labute approximate surface area is 109 Å². The fourth-order valence-corrected chi connectivity index (χ4v) is 1.97. The lowest BCUT2D eigenvalue weighted by atomic mass is 10.0. The van der Waals surface area contributed by atoms with Gasteiger partial charge in [-0.3, -0.25) is 5.10 Å². The molecule has 0 spiro atoms. The lowest BCUT2D eigenvalue weighted by Crippen LogP contribution is -2.07. The van der Waals surface area contributed by atoms with Crippen LogP contribution in [0.5, 0.6) is 0 Å². The van der Waals surface area contributed by atoms with Gasteiger partial charge in [-0.15, -0.1) is 0 Å². The largest absolute Gasteiger partial charge is 0.368 e. The molecule has 1 aromatic heterocycles. The number of rotatable bonds is 4. The number of nitrogens with one attached hydrogen (secondary N) is 2. The molecule has 18 heavy (non-hydrogen) atoms. The molecule has 2 aromatic rings. The summed E-state index contributed by atoms with van der Waals surface area (Å²) in [6, 6.07) is 8.53. The number of aromatic amines is 1. The van der Waals surface area contributed by atoms with Crippen molar-refractivity contribution >= 4 is 5.82 Å². The second kappa shape index (κ2) is 5.25. The van der Waals surface area contributed by atoms with E-state index in [9.17, 15) is 0 Å². The first kappa shape index (κ1) is 12.7. The molecule has 2 rings (SSSR count). The normalized spacial score (nSPS) is 10.9. The zero-order valence-electron chi connectivity index (χ0n) is 11.5. The molecule has 0 radical (unpaired) electrons. The summed E-state index contributed by atoms with van der Waals surface area (Å²) in [5, 5.41) is 10.7. The van der Waals surface area contributed by atoms with Gasteiger partial charge < -0.3 is 5.32 Å². The third-order valence-corrected chi connectivity index (χ3v) is 2.94. The molecule has 0 saturated heterocycles. The van der Waals surface area contributed by atoms with Crippen LogP contribution in [0.25, 0.3) is 11.3 Å². The molecule has 0 unspecified atom stereocenters. The quantitative estimate of drug-likeness (QED) is 0.858. The monoisotopic (exact) mass is 243 g/mol. The lowest BCUT2D eigenvalue weighted by molar-refractivity contribution is 0.687. The number of anilines is 1. The molecule has 96 valence electrons. The second-order valence-corrected chi connectivity index (χ2v) is 5.26. The van der Waals surface area contributed by atoms with Gasteiger partial charge >= 0.3 is 0 Å². The smallest absolute Gasteiger partial charge is 0.148 e. The highest BCUT2D eigenvalue weighted by atomic mass is 15.2. The van der Waals surface area contributed by atoms with Crippen LogP contribution in [0.15, 0.2) is 24.3 Å². The maximum Gasteiger partial charge on any atom is 0.148 e. The number of H-pyrrole nitrogens is 1. The third-order valence-electron chi connectivity index (χ3n) is 2.94. The molecule has 1 aromatic carbocycles. The van der Waals surface area contributed by atoms with E-state index in [-0.39, 0.29) is 0 Å². The highest BCUT2D eigenvalue weighted by molar-refractivity contribution is 5.66. The molecule has 0 bridgehead atoms. The number of hydrogen-bond donors (Lipinski definition) is 2. The number of aryl methyl sites for hydroxylation is 2. The molecule has 0 amide bonds. The topological polar surface area (TPSA) is 40.7 Å². The van der Waals surface area contributed by atoms with E-state index in [1.165, 1.54) is 16.7 Å². The standard InChI is InChI=1S/C15H21N3/c1-10(2)9-16-15-8-14(17-18-15)13-6-5-11(3)7-12(13)4/h5-8,10H,9H2,1-4H3,(H2,16,17,18). The van der Waals surface area contributed by atoms with Crippen molar-refractivity contribution in [2.75, 3.05) is 11.9 Å². The average Bonchev–Trinajstić information content (AvgIpc) is 2.75. The van der Waals surface area contributed by atoms with Crippen molar-refractivity contribution < 1.29 is 0 Å². The van der Waals surface area contributed by atoms with E-state index in [2.05, 4.69) is 67.5 Å². The lowest BCUT2D eigenvalue weighted by Gasteiger charge is -2.05. The molecule has 2 N–H and O–H groups in total. The summed E-state index contributed by atoms with van der Waals surface area (Å²) in [6.45, 7) is 9.55. The predicted octanol–water partition coefficient (Wildman–Crippen LogP) is 3.76. The first-order chi connectivity index (χ1) is 8.56. The van der Waals surface area contributed by atoms with E-state index < -0.39 is 0 Å². The first-order valence-corrected chi connectivity index (χ1v) is 6.43. The Morgan fingerprint density at radius 1 is 1.22 bits per heavy atom. The SMILES string of the molecule is Cc1ccc(-c2cc(NCC(C)C)n[nH]2)c(C)c1. The Bertz CT molecular complexity index is 526. The van der Waals surface area contributed by atoms with Gasteiger partial charge in [-0.1, -0.05) is 37.6 Å². The van der Waals surface area contributed by atoms with Crippen molar-refractivity contribution in [3.8, 4) is 11.3 Å². The molecular weight excluding hydrogens is 222 g/mol. The van der Waals surface area contributed by atoms with Crippen LogP contribution >= 0.6 is 0 Å². The zero-order chi connectivity index (χ0) is 13.1. The molecule has 0 fully saturated rings. The highest BCUT2D eigenvalue weighted by Crippen LogP contribution is 2.24. The van der Waals surface area contributed by atoms with Crippen molar-refractivity contribution in [1.29, 1.82) is 0 Å². The van der Waals surface area contributed by atoms with Crippen LogP contribution in [-0.2, 0) is 0 Å². The number of nitrogens with zero attached hydrogens (tertiary/aromatic N) is 1. The van der Waals surface area contributed by atoms with Gasteiger partial charge in [0, 0.05) is 18.2 Å². The van der Waals surface area contributed by atoms with E-state index >= 15 is 0 Å². The van der Waals surface area contributed by atoms with Crippen LogP contribution in [0.4, 0.5) is 5.82 Å². The summed E-state index contributed by atoms with van der Waals surface area (Å²) in [6.07, 6.45) is 0. The molecule has 0 aliphatic carbocycles. The fourth-order valence-electron chi connectivity index (χ4n) is 1.97. The van der Waals surface area contributed by atoms with Gasteiger partial charge in [0.15, 0.2) is 0 Å². The fraction of sp³-hybridized carbons (Fsp3) is 0.400. The van der Waals surface area contributed by atoms with Gasteiger partial charge in [0.05, 0.1) is 5.69 Å². The number of benzene rings is 1. The molecular formula is C15H21N3. The van der Waals surface area contributed by atoms with Gasteiger partial charge in [-0.25, -0.2) is 0 Å². The Morgan fingerprint density at radius 3 is 2.67 bits per heavy atom. The summed E-state index contributed by atoms with van der Waals surface area (Å²) in [5.74, 6) is 1.53. The van der Waals surface area contributed by atoms with Crippen molar-refractivity contribution in [2.45, 2.75) is 27.7 Å².